The lowest BCUT2D eigenvalue weighted by Crippen LogP contribution is -2.10. The molecule has 1 unspecified atom stereocenters. The van der Waals surface area contributed by atoms with E-state index in [0.29, 0.717) is 10.0 Å². The lowest BCUT2D eigenvalue weighted by Gasteiger charge is -2.12. The summed E-state index contributed by atoms with van der Waals surface area (Å²) in [6.07, 6.45) is 0. The van der Waals surface area contributed by atoms with E-state index in [9.17, 15) is 0 Å². The molecule has 1 atom stereocenters. The van der Waals surface area contributed by atoms with Crippen molar-refractivity contribution in [3.8, 4) is 0 Å². The molecular formula is C15H11Cl2NS. The third kappa shape index (κ3) is 2.37. The Morgan fingerprint density at radius 1 is 1.00 bits per heavy atom. The molecule has 0 aliphatic carbocycles. The van der Waals surface area contributed by atoms with E-state index in [1.807, 2.05) is 24.3 Å². The first-order valence-electron chi connectivity index (χ1n) is 5.85. The highest BCUT2D eigenvalue weighted by Gasteiger charge is 2.16. The van der Waals surface area contributed by atoms with Crippen LogP contribution in [0.2, 0.25) is 10.0 Å². The standard InChI is InChI=1S/C15H11Cl2NS/c16-11-6-3-5-10(14(11)17)15(18)13-8-9-4-1-2-7-12(9)19-13/h1-8,15H,18H2. The summed E-state index contributed by atoms with van der Waals surface area (Å²) in [6.45, 7) is 0. The Kier molecular flexibility index (Phi) is 3.50. The molecule has 0 amide bonds. The summed E-state index contributed by atoms with van der Waals surface area (Å²) < 4.78 is 1.23. The molecule has 0 aliphatic rings. The molecular weight excluding hydrogens is 297 g/mol. The summed E-state index contributed by atoms with van der Waals surface area (Å²) in [5.41, 5.74) is 7.18. The fourth-order valence-corrected chi connectivity index (χ4v) is 3.58. The fourth-order valence-electron chi connectivity index (χ4n) is 2.07. The number of thiophene rings is 1. The molecule has 1 nitrogen and oxygen atoms in total. The quantitative estimate of drug-likeness (QED) is 0.687. The topological polar surface area (TPSA) is 26.0 Å². The molecule has 1 aromatic heterocycles. The van der Waals surface area contributed by atoms with Crippen LogP contribution >= 0.6 is 34.5 Å². The molecule has 19 heavy (non-hydrogen) atoms. The van der Waals surface area contributed by atoms with Gasteiger partial charge in [-0.25, -0.2) is 0 Å². The largest absolute Gasteiger partial charge is 0.320 e. The molecule has 0 radical (unpaired) electrons. The van der Waals surface area contributed by atoms with E-state index in [-0.39, 0.29) is 6.04 Å². The van der Waals surface area contributed by atoms with Gasteiger partial charge in [0.05, 0.1) is 16.1 Å². The van der Waals surface area contributed by atoms with Gasteiger partial charge in [-0.15, -0.1) is 11.3 Å². The van der Waals surface area contributed by atoms with Crippen molar-refractivity contribution in [1.82, 2.24) is 0 Å². The van der Waals surface area contributed by atoms with Crippen LogP contribution in [0.5, 0.6) is 0 Å². The van der Waals surface area contributed by atoms with Crippen molar-refractivity contribution in [2.45, 2.75) is 6.04 Å². The SMILES string of the molecule is NC(c1cc2ccccc2s1)c1cccc(Cl)c1Cl. The van der Waals surface area contributed by atoms with Gasteiger partial charge in [0.2, 0.25) is 0 Å². The lowest BCUT2D eigenvalue weighted by atomic mass is 10.1. The summed E-state index contributed by atoms with van der Waals surface area (Å²) in [7, 11) is 0. The second kappa shape index (κ2) is 5.14. The van der Waals surface area contributed by atoms with E-state index in [0.717, 1.165) is 10.4 Å². The van der Waals surface area contributed by atoms with Gasteiger partial charge in [0.25, 0.3) is 0 Å². The Labute approximate surface area is 125 Å². The Bertz CT molecular complexity index is 703. The molecule has 0 saturated carbocycles. The van der Waals surface area contributed by atoms with E-state index in [2.05, 4.69) is 18.2 Å². The Morgan fingerprint density at radius 3 is 2.58 bits per heavy atom. The number of hydrogen-bond donors (Lipinski definition) is 1. The molecule has 0 aliphatic heterocycles. The Balaban J connectivity index is 2.08. The van der Waals surface area contributed by atoms with Crippen molar-refractivity contribution in [2.75, 3.05) is 0 Å². The van der Waals surface area contributed by atoms with Gasteiger partial charge >= 0.3 is 0 Å². The normalized spacial score (nSPS) is 12.8. The van der Waals surface area contributed by atoms with E-state index in [1.165, 1.54) is 10.1 Å². The second-order valence-corrected chi connectivity index (χ2v) is 6.21. The minimum absolute atomic E-state index is 0.247. The van der Waals surface area contributed by atoms with Gasteiger partial charge in [0, 0.05) is 9.58 Å². The predicted molar refractivity (Wildman–Crippen MR) is 84.3 cm³/mol. The van der Waals surface area contributed by atoms with Gasteiger partial charge in [-0.2, -0.15) is 0 Å². The van der Waals surface area contributed by atoms with Gasteiger partial charge in [-0.05, 0) is 29.1 Å². The highest BCUT2D eigenvalue weighted by molar-refractivity contribution is 7.19. The van der Waals surface area contributed by atoms with Crippen LogP contribution in [0.1, 0.15) is 16.5 Å². The second-order valence-electron chi connectivity index (χ2n) is 4.31. The van der Waals surface area contributed by atoms with Gasteiger partial charge in [0.1, 0.15) is 0 Å². The highest BCUT2D eigenvalue weighted by Crippen LogP contribution is 2.36. The first-order valence-corrected chi connectivity index (χ1v) is 7.42. The molecule has 0 saturated heterocycles. The van der Waals surface area contributed by atoms with Crippen molar-refractivity contribution in [2.24, 2.45) is 5.73 Å². The maximum absolute atomic E-state index is 6.32. The van der Waals surface area contributed by atoms with Crippen molar-refractivity contribution in [1.29, 1.82) is 0 Å². The molecule has 0 fully saturated rings. The van der Waals surface area contributed by atoms with Crippen molar-refractivity contribution >= 4 is 44.6 Å². The van der Waals surface area contributed by atoms with E-state index in [4.69, 9.17) is 28.9 Å². The number of nitrogens with two attached hydrogens (primary N) is 1. The van der Waals surface area contributed by atoms with Crippen LogP contribution in [0, 0.1) is 0 Å². The third-order valence-electron chi connectivity index (χ3n) is 3.07. The number of hydrogen-bond acceptors (Lipinski definition) is 2. The summed E-state index contributed by atoms with van der Waals surface area (Å²) >= 11 is 14.0. The van der Waals surface area contributed by atoms with Gasteiger partial charge in [-0.3, -0.25) is 0 Å². The summed E-state index contributed by atoms with van der Waals surface area (Å²) in [5.74, 6) is 0. The average Bonchev–Trinajstić information content (AvgIpc) is 2.85. The van der Waals surface area contributed by atoms with E-state index < -0.39 is 0 Å². The summed E-state index contributed by atoms with van der Waals surface area (Å²) in [5, 5.41) is 2.28. The smallest absolute Gasteiger partial charge is 0.0661 e. The van der Waals surface area contributed by atoms with E-state index >= 15 is 0 Å². The monoisotopic (exact) mass is 307 g/mol. The zero-order valence-electron chi connectivity index (χ0n) is 9.94. The first-order chi connectivity index (χ1) is 9.16. The highest BCUT2D eigenvalue weighted by atomic mass is 35.5. The number of benzene rings is 2. The summed E-state index contributed by atoms with van der Waals surface area (Å²) in [6, 6.07) is 15.7. The zero-order valence-corrected chi connectivity index (χ0v) is 12.3. The van der Waals surface area contributed by atoms with E-state index in [1.54, 1.807) is 17.4 Å². The zero-order chi connectivity index (χ0) is 13.4. The van der Waals surface area contributed by atoms with Crippen LogP contribution in [0.3, 0.4) is 0 Å². The molecule has 96 valence electrons. The maximum Gasteiger partial charge on any atom is 0.0661 e. The van der Waals surface area contributed by atoms with Crippen LogP contribution in [0.15, 0.2) is 48.5 Å². The van der Waals surface area contributed by atoms with Gasteiger partial charge in [-0.1, -0.05) is 53.5 Å². The lowest BCUT2D eigenvalue weighted by molar-refractivity contribution is 0.895. The van der Waals surface area contributed by atoms with Crippen molar-refractivity contribution in [3.05, 3.63) is 69.0 Å². The van der Waals surface area contributed by atoms with Crippen molar-refractivity contribution < 1.29 is 0 Å². The van der Waals surface area contributed by atoms with Gasteiger partial charge < -0.3 is 5.73 Å². The maximum atomic E-state index is 6.32. The van der Waals surface area contributed by atoms with Gasteiger partial charge in [0.15, 0.2) is 0 Å². The Hall–Kier alpha value is -1.06. The first kappa shape index (κ1) is 12.9. The molecule has 2 N–H and O–H groups in total. The predicted octanol–water partition coefficient (Wildman–Crippen LogP) is 5.26. The van der Waals surface area contributed by atoms with Crippen LogP contribution in [0.4, 0.5) is 0 Å². The average molecular weight is 308 g/mol. The minimum atomic E-state index is -0.247. The number of fused-ring (bicyclic) bond motifs is 1. The Morgan fingerprint density at radius 2 is 1.79 bits per heavy atom. The molecule has 0 bridgehead atoms. The molecule has 3 rings (SSSR count). The molecule has 2 aromatic carbocycles. The fraction of sp³-hybridized carbons (Fsp3) is 0.0667. The number of rotatable bonds is 2. The van der Waals surface area contributed by atoms with Crippen LogP contribution < -0.4 is 5.73 Å². The van der Waals surface area contributed by atoms with Crippen LogP contribution in [-0.4, -0.2) is 0 Å². The van der Waals surface area contributed by atoms with Crippen LogP contribution in [0.25, 0.3) is 10.1 Å². The molecule has 3 aromatic rings. The molecule has 1 heterocycles. The minimum Gasteiger partial charge on any atom is -0.320 e. The molecule has 4 heteroatoms. The summed E-state index contributed by atoms with van der Waals surface area (Å²) in [4.78, 5) is 1.09. The van der Waals surface area contributed by atoms with Crippen LogP contribution in [-0.2, 0) is 0 Å². The molecule has 0 spiro atoms. The third-order valence-corrected chi connectivity index (χ3v) is 5.10. The number of halogens is 2. The van der Waals surface area contributed by atoms with Crippen molar-refractivity contribution in [3.63, 3.8) is 0 Å².